The number of amidine groups is 1. The summed E-state index contributed by atoms with van der Waals surface area (Å²) >= 11 is 0. The lowest BCUT2D eigenvalue weighted by Crippen LogP contribution is -2.29. The number of benzene rings is 1. The van der Waals surface area contributed by atoms with Gasteiger partial charge < -0.3 is 5.73 Å². The molecular formula is C14H19N3. The van der Waals surface area contributed by atoms with E-state index in [0.29, 0.717) is 11.3 Å². The Morgan fingerprint density at radius 3 is 2.29 bits per heavy atom. The van der Waals surface area contributed by atoms with E-state index in [0.717, 1.165) is 26.1 Å². The molecule has 1 aromatic carbocycles. The van der Waals surface area contributed by atoms with Crippen molar-refractivity contribution in [1.82, 2.24) is 4.90 Å². The molecule has 1 heterocycles. The maximum absolute atomic E-state index is 7.45. The monoisotopic (exact) mass is 229 g/mol. The Labute approximate surface area is 102 Å². The van der Waals surface area contributed by atoms with Crippen molar-refractivity contribution in [1.29, 1.82) is 5.41 Å². The first-order chi connectivity index (χ1) is 8.17. The molecule has 0 aromatic heterocycles. The molecule has 1 fully saturated rings. The molecular weight excluding hydrogens is 210 g/mol. The quantitative estimate of drug-likeness (QED) is 0.613. The molecule has 0 amide bonds. The molecule has 3 nitrogen and oxygen atoms in total. The smallest absolute Gasteiger partial charge is 0.0911 e. The van der Waals surface area contributed by atoms with Crippen LogP contribution in [0, 0.1) is 10.8 Å². The Morgan fingerprint density at radius 1 is 1.24 bits per heavy atom. The highest BCUT2D eigenvalue weighted by molar-refractivity contribution is 5.78. The summed E-state index contributed by atoms with van der Waals surface area (Å²) in [7, 11) is 0. The fourth-order valence-electron chi connectivity index (χ4n) is 2.96. The van der Waals surface area contributed by atoms with Gasteiger partial charge >= 0.3 is 0 Å². The van der Waals surface area contributed by atoms with Crippen molar-refractivity contribution in [3.05, 3.63) is 35.4 Å². The zero-order valence-corrected chi connectivity index (χ0v) is 10.1. The normalized spacial score (nSPS) is 21.2. The number of rotatable bonds is 4. The molecule has 0 radical (unpaired) electrons. The van der Waals surface area contributed by atoms with Gasteiger partial charge in [-0.25, -0.2) is 0 Å². The molecule has 1 aromatic rings. The standard InChI is InChI=1S/C14H19N3/c15-13(16)7-14(5-6-14)10-17-8-11-3-1-2-4-12(11)9-17/h1-4H,5-10H2,(H3,15,16). The lowest BCUT2D eigenvalue weighted by molar-refractivity contribution is 0.226. The van der Waals surface area contributed by atoms with Gasteiger partial charge in [0.1, 0.15) is 0 Å². The molecule has 3 rings (SSSR count). The molecule has 0 bridgehead atoms. The number of fused-ring (bicyclic) bond motifs is 1. The Morgan fingerprint density at radius 2 is 1.82 bits per heavy atom. The molecule has 3 N–H and O–H groups in total. The van der Waals surface area contributed by atoms with Gasteiger partial charge in [-0.3, -0.25) is 10.3 Å². The zero-order chi connectivity index (χ0) is 11.9. The van der Waals surface area contributed by atoms with Crippen molar-refractivity contribution in [2.24, 2.45) is 11.1 Å². The van der Waals surface area contributed by atoms with Crippen LogP contribution in [0.4, 0.5) is 0 Å². The Kier molecular flexibility index (Phi) is 2.44. The second-order valence-electron chi connectivity index (χ2n) is 5.62. The summed E-state index contributed by atoms with van der Waals surface area (Å²) in [5.41, 5.74) is 8.80. The second kappa shape index (κ2) is 3.84. The van der Waals surface area contributed by atoms with Gasteiger partial charge in [0.05, 0.1) is 5.84 Å². The first kappa shape index (κ1) is 10.8. The van der Waals surface area contributed by atoms with Gasteiger partial charge in [-0.15, -0.1) is 0 Å². The van der Waals surface area contributed by atoms with Gasteiger partial charge in [-0.1, -0.05) is 24.3 Å². The molecule has 1 saturated carbocycles. The van der Waals surface area contributed by atoms with E-state index in [1.165, 1.54) is 24.0 Å². The fraction of sp³-hybridized carbons (Fsp3) is 0.500. The molecule has 0 saturated heterocycles. The van der Waals surface area contributed by atoms with Crippen LogP contribution in [0.2, 0.25) is 0 Å². The summed E-state index contributed by atoms with van der Waals surface area (Å²) in [5.74, 6) is 0.346. The Bertz CT molecular complexity index is 424. The van der Waals surface area contributed by atoms with E-state index < -0.39 is 0 Å². The van der Waals surface area contributed by atoms with E-state index in [1.54, 1.807) is 0 Å². The van der Waals surface area contributed by atoms with Crippen molar-refractivity contribution >= 4 is 5.84 Å². The van der Waals surface area contributed by atoms with E-state index in [1.807, 2.05) is 0 Å². The number of hydrogen-bond acceptors (Lipinski definition) is 2. The molecule has 1 aliphatic heterocycles. The van der Waals surface area contributed by atoms with E-state index in [2.05, 4.69) is 29.2 Å². The molecule has 17 heavy (non-hydrogen) atoms. The maximum atomic E-state index is 7.45. The van der Waals surface area contributed by atoms with Crippen LogP contribution in [0.25, 0.3) is 0 Å². The highest BCUT2D eigenvalue weighted by Gasteiger charge is 2.44. The minimum Gasteiger partial charge on any atom is -0.388 e. The minimum atomic E-state index is 0.327. The van der Waals surface area contributed by atoms with Crippen molar-refractivity contribution in [2.45, 2.75) is 32.4 Å². The number of nitrogens with zero attached hydrogens (tertiary/aromatic N) is 1. The summed E-state index contributed by atoms with van der Waals surface area (Å²) in [5, 5.41) is 7.45. The maximum Gasteiger partial charge on any atom is 0.0911 e. The van der Waals surface area contributed by atoms with Crippen LogP contribution in [0.5, 0.6) is 0 Å². The Balaban J connectivity index is 1.64. The number of nitrogens with two attached hydrogens (primary N) is 1. The van der Waals surface area contributed by atoms with Crippen LogP contribution < -0.4 is 5.73 Å². The number of hydrogen-bond donors (Lipinski definition) is 2. The van der Waals surface area contributed by atoms with E-state index in [-0.39, 0.29) is 0 Å². The van der Waals surface area contributed by atoms with E-state index in [9.17, 15) is 0 Å². The predicted molar refractivity (Wildman–Crippen MR) is 68.8 cm³/mol. The molecule has 1 aliphatic carbocycles. The molecule has 0 atom stereocenters. The van der Waals surface area contributed by atoms with Crippen LogP contribution in [-0.2, 0) is 13.1 Å². The van der Waals surface area contributed by atoms with E-state index >= 15 is 0 Å². The lowest BCUT2D eigenvalue weighted by atomic mass is 10.0. The number of nitrogens with one attached hydrogen (secondary N) is 1. The lowest BCUT2D eigenvalue weighted by Gasteiger charge is -2.22. The van der Waals surface area contributed by atoms with Gasteiger partial charge in [-0.2, -0.15) is 0 Å². The van der Waals surface area contributed by atoms with E-state index in [4.69, 9.17) is 11.1 Å². The van der Waals surface area contributed by atoms with Crippen LogP contribution in [0.1, 0.15) is 30.4 Å². The van der Waals surface area contributed by atoms with Gasteiger partial charge in [0.15, 0.2) is 0 Å². The van der Waals surface area contributed by atoms with Gasteiger partial charge in [0, 0.05) is 26.1 Å². The third kappa shape index (κ3) is 2.20. The molecule has 2 aliphatic rings. The fourth-order valence-corrected chi connectivity index (χ4v) is 2.96. The first-order valence-electron chi connectivity index (χ1n) is 6.29. The highest BCUT2D eigenvalue weighted by Crippen LogP contribution is 2.50. The van der Waals surface area contributed by atoms with Crippen molar-refractivity contribution in [3.63, 3.8) is 0 Å². The van der Waals surface area contributed by atoms with Gasteiger partial charge in [0.25, 0.3) is 0 Å². The second-order valence-corrected chi connectivity index (χ2v) is 5.62. The summed E-state index contributed by atoms with van der Waals surface area (Å²) in [4.78, 5) is 2.50. The molecule has 0 spiro atoms. The van der Waals surface area contributed by atoms with Gasteiger partial charge in [-0.05, 0) is 29.4 Å². The molecule has 3 heteroatoms. The summed E-state index contributed by atoms with van der Waals surface area (Å²) < 4.78 is 0. The van der Waals surface area contributed by atoms with Crippen molar-refractivity contribution in [2.75, 3.05) is 6.54 Å². The summed E-state index contributed by atoms with van der Waals surface area (Å²) in [6.07, 6.45) is 3.25. The average molecular weight is 229 g/mol. The van der Waals surface area contributed by atoms with Crippen LogP contribution in [0.3, 0.4) is 0 Å². The average Bonchev–Trinajstić information content (AvgIpc) is 2.89. The zero-order valence-electron chi connectivity index (χ0n) is 10.1. The summed E-state index contributed by atoms with van der Waals surface area (Å²) in [6, 6.07) is 8.68. The largest absolute Gasteiger partial charge is 0.388 e. The van der Waals surface area contributed by atoms with Crippen molar-refractivity contribution in [3.8, 4) is 0 Å². The third-order valence-corrected chi connectivity index (χ3v) is 3.99. The van der Waals surface area contributed by atoms with Gasteiger partial charge in [0.2, 0.25) is 0 Å². The summed E-state index contributed by atoms with van der Waals surface area (Å²) in [6.45, 7) is 3.23. The van der Waals surface area contributed by atoms with Crippen LogP contribution in [0.15, 0.2) is 24.3 Å². The third-order valence-electron chi connectivity index (χ3n) is 3.99. The topological polar surface area (TPSA) is 53.1 Å². The first-order valence-corrected chi connectivity index (χ1v) is 6.29. The van der Waals surface area contributed by atoms with Crippen molar-refractivity contribution < 1.29 is 0 Å². The van der Waals surface area contributed by atoms with Crippen LogP contribution in [-0.4, -0.2) is 17.3 Å². The minimum absolute atomic E-state index is 0.327. The highest BCUT2D eigenvalue weighted by atomic mass is 15.2. The molecule has 90 valence electrons. The SMILES string of the molecule is N=C(N)CC1(CN2Cc3ccccc3C2)CC1. The Hall–Kier alpha value is -1.35. The molecule has 0 unspecified atom stereocenters. The van der Waals surface area contributed by atoms with Crippen LogP contribution >= 0.6 is 0 Å². The predicted octanol–water partition coefficient (Wildman–Crippen LogP) is 2.11.